The number of fused-ring (bicyclic) bond motifs is 4. The zero-order chi connectivity index (χ0) is 31.9. The van der Waals surface area contributed by atoms with E-state index in [2.05, 4.69) is 175 Å². The third kappa shape index (κ3) is 4.92. The lowest BCUT2D eigenvalue weighted by Gasteiger charge is -2.27. The fourth-order valence-electron chi connectivity index (χ4n) is 6.93. The van der Waals surface area contributed by atoms with Gasteiger partial charge >= 0.3 is 0 Å². The molecule has 226 valence electrons. The Morgan fingerprint density at radius 2 is 0.896 bits per heavy atom. The number of nitrogens with zero attached hydrogens (tertiary/aromatic N) is 1. The van der Waals surface area contributed by atoms with Crippen molar-refractivity contribution in [3.05, 3.63) is 188 Å². The molecular weight excluding hydrogens is 583 g/mol. The summed E-state index contributed by atoms with van der Waals surface area (Å²) in [5, 5.41) is 6.09. The molecule has 0 amide bonds. The molecular formula is C46H31NO. The molecule has 0 saturated heterocycles. The van der Waals surface area contributed by atoms with Gasteiger partial charge in [-0.25, -0.2) is 0 Å². The SMILES string of the molecule is c1ccc(N(c2ccc(-c3ccc(-c4ccccc4-c4cc5ccccc5o4)cc3)cc2)c2cc3ccccc3c3ccccc23)cc1. The molecule has 1 aromatic heterocycles. The second kappa shape index (κ2) is 11.8. The maximum absolute atomic E-state index is 6.24. The molecule has 0 N–H and O–H groups in total. The van der Waals surface area contributed by atoms with E-state index in [0.29, 0.717) is 0 Å². The van der Waals surface area contributed by atoms with Crippen molar-refractivity contribution in [3.8, 4) is 33.6 Å². The van der Waals surface area contributed by atoms with E-state index in [0.717, 1.165) is 50.5 Å². The van der Waals surface area contributed by atoms with Gasteiger partial charge in [0.2, 0.25) is 0 Å². The molecule has 2 nitrogen and oxygen atoms in total. The van der Waals surface area contributed by atoms with Crippen LogP contribution in [0.3, 0.4) is 0 Å². The molecule has 8 aromatic carbocycles. The lowest BCUT2D eigenvalue weighted by molar-refractivity contribution is 0.632. The van der Waals surface area contributed by atoms with Crippen molar-refractivity contribution in [3.63, 3.8) is 0 Å². The molecule has 48 heavy (non-hydrogen) atoms. The molecule has 0 unspecified atom stereocenters. The lowest BCUT2D eigenvalue weighted by atomic mass is 9.95. The second-order valence-corrected chi connectivity index (χ2v) is 12.2. The smallest absolute Gasteiger partial charge is 0.136 e. The topological polar surface area (TPSA) is 16.4 Å². The minimum Gasteiger partial charge on any atom is -0.456 e. The molecule has 0 bridgehead atoms. The standard InChI is InChI=1S/C46H31NO/c1-2-14-37(15-3-1)47(44-30-35-12-4-6-17-40(35)41-18-8-9-19-42(41)44)38-28-26-33(27-29-38)32-22-24-34(25-23-32)39-16-7-10-20-43(39)46-31-36-13-5-11-21-45(36)48-46/h1-31H. The van der Waals surface area contributed by atoms with Crippen LogP contribution >= 0.6 is 0 Å². The summed E-state index contributed by atoms with van der Waals surface area (Å²) < 4.78 is 6.24. The zero-order valence-electron chi connectivity index (χ0n) is 26.3. The molecule has 1 heterocycles. The van der Waals surface area contributed by atoms with Gasteiger partial charge in [-0.1, -0.05) is 146 Å². The number of anilines is 3. The molecule has 0 spiro atoms. The Bertz CT molecular complexity index is 2510. The van der Waals surface area contributed by atoms with Crippen LogP contribution in [0.2, 0.25) is 0 Å². The van der Waals surface area contributed by atoms with Gasteiger partial charge in [-0.2, -0.15) is 0 Å². The monoisotopic (exact) mass is 613 g/mol. The summed E-state index contributed by atoms with van der Waals surface area (Å²) in [6.07, 6.45) is 0. The summed E-state index contributed by atoms with van der Waals surface area (Å²) in [5.74, 6) is 0.883. The van der Waals surface area contributed by atoms with Crippen LogP contribution in [0.1, 0.15) is 0 Å². The van der Waals surface area contributed by atoms with Crippen molar-refractivity contribution in [2.24, 2.45) is 0 Å². The van der Waals surface area contributed by atoms with E-state index in [4.69, 9.17) is 4.42 Å². The van der Waals surface area contributed by atoms with E-state index in [-0.39, 0.29) is 0 Å². The van der Waals surface area contributed by atoms with Crippen molar-refractivity contribution in [1.82, 2.24) is 0 Å². The van der Waals surface area contributed by atoms with Crippen LogP contribution in [0, 0.1) is 0 Å². The molecule has 0 aliphatic carbocycles. The van der Waals surface area contributed by atoms with Crippen molar-refractivity contribution >= 4 is 49.6 Å². The van der Waals surface area contributed by atoms with Gasteiger partial charge in [-0.05, 0) is 80.9 Å². The molecule has 0 atom stereocenters. The summed E-state index contributed by atoms with van der Waals surface area (Å²) in [6.45, 7) is 0. The van der Waals surface area contributed by atoms with Crippen molar-refractivity contribution in [2.75, 3.05) is 4.90 Å². The maximum Gasteiger partial charge on any atom is 0.136 e. The lowest BCUT2D eigenvalue weighted by Crippen LogP contribution is -2.10. The normalized spacial score (nSPS) is 11.3. The number of benzene rings is 8. The summed E-state index contributed by atoms with van der Waals surface area (Å²) in [5.41, 5.74) is 10.1. The van der Waals surface area contributed by atoms with Gasteiger partial charge in [-0.15, -0.1) is 0 Å². The molecule has 0 aliphatic rings. The Hall–Kier alpha value is -6.38. The van der Waals surface area contributed by atoms with Gasteiger partial charge in [-0.3, -0.25) is 0 Å². The van der Waals surface area contributed by atoms with E-state index in [1.807, 2.05) is 18.2 Å². The summed E-state index contributed by atoms with van der Waals surface area (Å²) in [7, 11) is 0. The van der Waals surface area contributed by atoms with Crippen molar-refractivity contribution in [2.45, 2.75) is 0 Å². The predicted octanol–water partition coefficient (Wildman–Crippen LogP) is 13.2. The number of para-hydroxylation sites is 2. The molecule has 9 rings (SSSR count). The Kier molecular flexibility index (Phi) is 6.84. The van der Waals surface area contributed by atoms with E-state index in [9.17, 15) is 0 Å². The van der Waals surface area contributed by atoms with Gasteiger partial charge < -0.3 is 9.32 Å². The van der Waals surface area contributed by atoms with Crippen LogP contribution in [0.5, 0.6) is 0 Å². The first-order valence-corrected chi connectivity index (χ1v) is 16.3. The van der Waals surface area contributed by atoms with Crippen LogP contribution in [0.25, 0.3) is 66.1 Å². The molecule has 0 aliphatic heterocycles. The Morgan fingerprint density at radius 3 is 1.65 bits per heavy atom. The van der Waals surface area contributed by atoms with E-state index in [1.165, 1.54) is 32.7 Å². The van der Waals surface area contributed by atoms with E-state index in [1.54, 1.807) is 0 Å². The average molecular weight is 614 g/mol. The third-order valence-electron chi connectivity index (χ3n) is 9.27. The molecule has 2 heteroatoms. The quantitative estimate of drug-likeness (QED) is 0.174. The maximum atomic E-state index is 6.24. The number of hydrogen-bond acceptors (Lipinski definition) is 2. The Balaban J connectivity index is 1.08. The third-order valence-corrected chi connectivity index (χ3v) is 9.27. The fourth-order valence-corrected chi connectivity index (χ4v) is 6.93. The second-order valence-electron chi connectivity index (χ2n) is 12.2. The highest BCUT2D eigenvalue weighted by Crippen LogP contribution is 2.42. The van der Waals surface area contributed by atoms with Crippen LogP contribution in [0.4, 0.5) is 17.1 Å². The van der Waals surface area contributed by atoms with E-state index >= 15 is 0 Å². The van der Waals surface area contributed by atoms with Crippen LogP contribution in [-0.2, 0) is 0 Å². The highest BCUT2D eigenvalue weighted by Gasteiger charge is 2.17. The first-order valence-electron chi connectivity index (χ1n) is 16.3. The minimum absolute atomic E-state index is 0.883. The average Bonchev–Trinajstić information content (AvgIpc) is 3.60. The van der Waals surface area contributed by atoms with Gasteiger partial charge in [0.15, 0.2) is 0 Å². The van der Waals surface area contributed by atoms with Gasteiger partial charge in [0, 0.05) is 27.7 Å². The number of hydrogen-bond donors (Lipinski definition) is 0. The van der Waals surface area contributed by atoms with E-state index < -0.39 is 0 Å². The van der Waals surface area contributed by atoms with Crippen LogP contribution in [0.15, 0.2) is 192 Å². The van der Waals surface area contributed by atoms with Crippen molar-refractivity contribution in [1.29, 1.82) is 0 Å². The zero-order valence-corrected chi connectivity index (χ0v) is 26.3. The number of furan rings is 1. The van der Waals surface area contributed by atoms with Crippen molar-refractivity contribution < 1.29 is 4.42 Å². The predicted molar refractivity (Wildman–Crippen MR) is 202 cm³/mol. The first-order chi connectivity index (χ1) is 23.8. The highest BCUT2D eigenvalue weighted by atomic mass is 16.3. The van der Waals surface area contributed by atoms with Gasteiger partial charge in [0.25, 0.3) is 0 Å². The Labute approximate surface area is 279 Å². The van der Waals surface area contributed by atoms with Crippen LogP contribution < -0.4 is 4.90 Å². The molecule has 9 aromatic rings. The molecule has 0 fully saturated rings. The summed E-state index contributed by atoms with van der Waals surface area (Å²) >= 11 is 0. The van der Waals surface area contributed by atoms with Crippen LogP contribution in [-0.4, -0.2) is 0 Å². The first kappa shape index (κ1) is 27.9. The largest absolute Gasteiger partial charge is 0.456 e. The Morgan fingerprint density at radius 1 is 0.354 bits per heavy atom. The summed E-state index contributed by atoms with van der Waals surface area (Å²) in [6, 6.07) is 66.9. The molecule has 0 saturated carbocycles. The number of rotatable bonds is 6. The highest BCUT2D eigenvalue weighted by molar-refractivity contribution is 6.14. The van der Waals surface area contributed by atoms with Gasteiger partial charge in [0.1, 0.15) is 11.3 Å². The fraction of sp³-hybridized carbons (Fsp3) is 0. The minimum atomic E-state index is 0.883. The van der Waals surface area contributed by atoms with Gasteiger partial charge in [0.05, 0.1) is 5.69 Å². The summed E-state index contributed by atoms with van der Waals surface area (Å²) in [4.78, 5) is 2.37. The molecule has 0 radical (unpaired) electrons.